The molecule has 1 saturated heterocycles. The molecule has 4 heteroatoms. The minimum Gasteiger partial charge on any atom is -0.508 e. The Balaban J connectivity index is 1.52. The van der Waals surface area contributed by atoms with Crippen LogP contribution in [0.5, 0.6) is 5.75 Å². The number of nitrogens with zero attached hydrogens (tertiary/aromatic N) is 1. The van der Waals surface area contributed by atoms with Crippen molar-refractivity contribution in [2.75, 3.05) is 13.1 Å². The lowest BCUT2D eigenvalue weighted by Gasteiger charge is -2.39. The van der Waals surface area contributed by atoms with Gasteiger partial charge in [-0.05, 0) is 46.7 Å². The molecule has 0 bridgehead atoms. The highest BCUT2D eigenvalue weighted by Gasteiger charge is 2.30. The summed E-state index contributed by atoms with van der Waals surface area (Å²) in [7, 11) is 0. The van der Waals surface area contributed by atoms with Gasteiger partial charge >= 0.3 is 0 Å². The van der Waals surface area contributed by atoms with Crippen LogP contribution in [0.15, 0.2) is 73.3 Å². The first-order valence-electron chi connectivity index (χ1n) is 9.38. The number of phenolic OH excluding ortho intramolecular Hbond substituents is 1. The normalized spacial score (nSPS) is 14.4. The molecule has 5 rings (SSSR count). The highest BCUT2D eigenvalue weighted by molar-refractivity contribution is 5.99. The molecule has 4 nitrogen and oxygen atoms in total. The Labute approximate surface area is 162 Å². The summed E-state index contributed by atoms with van der Waals surface area (Å²) in [4.78, 5) is 17.0. The molecule has 1 fully saturated rings. The van der Waals surface area contributed by atoms with Crippen LogP contribution >= 0.6 is 0 Å². The smallest absolute Gasteiger partial charge is 0.245 e. The monoisotopic (exact) mass is 368 g/mol. The second-order valence-electron chi connectivity index (χ2n) is 7.39. The van der Waals surface area contributed by atoms with Crippen LogP contribution < -0.4 is 0 Å². The molecule has 0 radical (unpaired) electrons. The zero-order valence-corrected chi connectivity index (χ0v) is 15.4. The standard InChI is InChI=1S/C24H20N2O2/c1-2-24(28)26-13-18(14-26)15-7-8-17-11-23(25-22(17)10-15)21-12-19(27)9-16-5-3-4-6-20(16)21/h2-12,18,25,27H,1,13-14H2. The fourth-order valence-corrected chi connectivity index (χ4v) is 4.06. The number of aromatic amines is 1. The molecule has 4 aromatic rings. The van der Waals surface area contributed by atoms with Gasteiger partial charge in [0.1, 0.15) is 5.75 Å². The van der Waals surface area contributed by atoms with Gasteiger partial charge in [-0.25, -0.2) is 0 Å². The number of carbonyl (C=O) groups is 1. The predicted molar refractivity (Wildman–Crippen MR) is 112 cm³/mol. The van der Waals surface area contributed by atoms with E-state index in [0.29, 0.717) is 5.92 Å². The molecule has 138 valence electrons. The first kappa shape index (κ1) is 16.6. The molecular formula is C24H20N2O2. The number of phenols is 1. The summed E-state index contributed by atoms with van der Waals surface area (Å²) >= 11 is 0. The summed E-state index contributed by atoms with van der Waals surface area (Å²) in [5.74, 6) is 0.617. The number of amides is 1. The Morgan fingerprint density at radius 3 is 2.71 bits per heavy atom. The maximum Gasteiger partial charge on any atom is 0.245 e. The molecular weight excluding hydrogens is 348 g/mol. The van der Waals surface area contributed by atoms with Crippen LogP contribution in [0, 0.1) is 0 Å². The van der Waals surface area contributed by atoms with Gasteiger partial charge in [0, 0.05) is 41.2 Å². The Hall–Kier alpha value is -3.53. The topological polar surface area (TPSA) is 56.3 Å². The Morgan fingerprint density at radius 1 is 1.07 bits per heavy atom. The van der Waals surface area contributed by atoms with E-state index in [9.17, 15) is 9.90 Å². The van der Waals surface area contributed by atoms with Crippen molar-refractivity contribution in [3.8, 4) is 17.0 Å². The van der Waals surface area contributed by atoms with Gasteiger partial charge in [-0.3, -0.25) is 4.79 Å². The number of aromatic hydroxyl groups is 1. The number of carbonyl (C=O) groups excluding carboxylic acids is 1. The third-order valence-electron chi connectivity index (χ3n) is 5.62. The number of hydrogen-bond donors (Lipinski definition) is 2. The van der Waals surface area contributed by atoms with Crippen LogP contribution in [-0.4, -0.2) is 34.0 Å². The van der Waals surface area contributed by atoms with E-state index in [2.05, 4.69) is 41.9 Å². The van der Waals surface area contributed by atoms with Crippen molar-refractivity contribution in [2.45, 2.75) is 5.92 Å². The van der Waals surface area contributed by atoms with Crippen molar-refractivity contribution in [3.63, 3.8) is 0 Å². The Morgan fingerprint density at radius 2 is 1.89 bits per heavy atom. The van der Waals surface area contributed by atoms with Crippen molar-refractivity contribution in [2.24, 2.45) is 0 Å². The fraction of sp³-hybridized carbons (Fsp3) is 0.125. The maximum atomic E-state index is 11.7. The van der Waals surface area contributed by atoms with E-state index >= 15 is 0 Å². The molecule has 28 heavy (non-hydrogen) atoms. The Kier molecular flexibility index (Phi) is 3.72. The zero-order valence-electron chi connectivity index (χ0n) is 15.4. The first-order valence-corrected chi connectivity index (χ1v) is 9.38. The van der Waals surface area contributed by atoms with Crippen molar-refractivity contribution < 1.29 is 9.90 Å². The molecule has 1 aliphatic heterocycles. The average molecular weight is 368 g/mol. The summed E-state index contributed by atoms with van der Waals surface area (Å²) < 4.78 is 0. The third kappa shape index (κ3) is 2.65. The first-order chi connectivity index (χ1) is 13.6. The molecule has 1 aliphatic rings. The molecule has 3 aromatic carbocycles. The van der Waals surface area contributed by atoms with Crippen LogP contribution in [-0.2, 0) is 4.79 Å². The Bertz CT molecular complexity index is 1230. The number of H-pyrrole nitrogens is 1. The second-order valence-corrected chi connectivity index (χ2v) is 7.39. The minimum atomic E-state index is -0.00440. The van der Waals surface area contributed by atoms with Crippen LogP contribution in [0.3, 0.4) is 0 Å². The number of benzene rings is 3. The molecule has 0 unspecified atom stereocenters. The van der Waals surface area contributed by atoms with Gasteiger partial charge in [-0.1, -0.05) is 43.0 Å². The number of hydrogen-bond acceptors (Lipinski definition) is 2. The van der Waals surface area contributed by atoms with Gasteiger partial charge < -0.3 is 15.0 Å². The number of fused-ring (bicyclic) bond motifs is 2. The lowest BCUT2D eigenvalue weighted by Crippen LogP contribution is -2.47. The van der Waals surface area contributed by atoms with E-state index in [0.717, 1.165) is 46.0 Å². The number of nitrogens with one attached hydrogen (secondary N) is 1. The number of likely N-dealkylation sites (tertiary alicyclic amines) is 1. The third-order valence-corrected chi connectivity index (χ3v) is 5.62. The molecule has 2 heterocycles. The summed E-state index contributed by atoms with van der Waals surface area (Å²) in [5.41, 5.74) is 4.26. The van der Waals surface area contributed by atoms with Crippen LogP contribution in [0.25, 0.3) is 32.9 Å². The molecule has 1 aromatic heterocycles. The van der Waals surface area contributed by atoms with Gasteiger partial charge in [0.2, 0.25) is 5.91 Å². The molecule has 0 saturated carbocycles. The quantitative estimate of drug-likeness (QED) is 0.510. The van der Waals surface area contributed by atoms with Gasteiger partial charge in [0.15, 0.2) is 0 Å². The summed E-state index contributed by atoms with van der Waals surface area (Å²) in [6.07, 6.45) is 1.37. The number of aromatic nitrogens is 1. The fourth-order valence-electron chi connectivity index (χ4n) is 4.06. The lowest BCUT2D eigenvalue weighted by molar-refractivity contribution is -0.130. The SMILES string of the molecule is C=CC(=O)N1CC(c2ccc3cc(-c4cc(O)cc5ccccc45)[nH]c3c2)C1. The highest BCUT2D eigenvalue weighted by Crippen LogP contribution is 2.35. The molecule has 0 spiro atoms. The molecule has 0 aliphatic carbocycles. The molecule has 0 atom stereocenters. The predicted octanol–water partition coefficient (Wildman–Crippen LogP) is 4.81. The van der Waals surface area contributed by atoms with Crippen LogP contribution in [0.1, 0.15) is 11.5 Å². The van der Waals surface area contributed by atoms with Crippen molar-refractivity contribution in [3.05, 3.63) is 78.9 Å². The largest absolute Gasteiger partial charge is 0.508 e. The highest BCUT2D eigenvalue weighted by atomic mass is 16.3. The van der Waals surface area contributed by atoms with E-state index < -0.39 is 0 Å². The van der Waals surface area contributed by atoms with E-state index in [1.807, 2.05) is 18.2 Å². The second kappa shape index (κ2) is 6.27. The summed E-state index contributed by atoms with van der Waals surface area (Å²) in [6, 6.07) is 20.2. The lowest BCUT2D eigenvalue weighted by atomic mass is 9.91. The maximum absolute atomic E-state index is 11.7. The van der Waals surface area contributed by atoms with Crippen molar-refractivity contribution in [1.82, 2.24) is 9.88 Å². The van der Waals surface area contributed by atoms with Crippen molar-refractivity contribution in [1.29, 1.82) is 0 Å². The van der Waals surface area contributed by atoms with Gasteiger partial charge in [0.05, 0.1) is 0 Å². The van der Waals surface area contributed by atoms with E-state index in [1.54, 1.807) is 17.0 Å². The molecule has 1 amide bonds. The number of rotatable bonds is 3. The van der Waals surface area contributed by atoms with Gasteiger partial charge in [-0.15, -0.1) is 0 Å². The van der Waals surface area contributed by atoms with E-state index in [-0.39, 0.29) is 11.7 Å². The van der Waals surface area contributed by atoms with E-state index in [4.69, 9.17) is 0 Å². The average Bonchev–Trinajstić information content (AvgIpc) is 3.09. The van der Waals surface area contributed by atoms with E-state index in [1.165, 1.54) is 11.6 Å². The summed E-state index contributed by atoms with van der Waals surface area (Å²) in [5, 5.41) is 13.4. The van der Waals surface area contributed by atoms with Crippen LogP contribution in [0.4, 0.5) is 0 Å². The zero-order chi connectivity index (χ0) is 19.3. The van der Waals surface area contributed by atoms with Gasteiger partial charge in [0.25, 0.3) is 0 Å². The van der Waals surface area contributed by atoms with Crippen LogP contribution in [0.2, 0.25) is 0 Å². The summed E-state index contributed by atoms with van der Waals surface area (Å²) in [6.45, 7) is 5.02. The van der Waals surface area contributed by atoms with Gasteiger partial charge in [-0.2, -0.15) is 0 Å². The minimum absolute atomic E-state index is 0.00440. The molecule has 2 N–H and O–H groups in total. The van der Waals surface area contributed by atoms with Crippen molar-refractivity contribution >= 4 is 27.6 Å².